The van der Waals surface area contributed by atoms with Crippen LogP contribution in [0.25, 0.3) is 0 Å². The van der Waals surface area contributed by atoms with Gasteiger partial charge in [-0.05, 0) is 33.7 Å². The molecule has 1 rings (SSSR count). The predicted molar refractivity (Wildman–Crippen MR) is 78.1 cm³/mol. The highest BCUT2D eigenvalue weighted by Crippen LogP contribution is 2.25. The molecule has 104 valence electrons. The standard InChI is InChI=1S/C14H28N4/c1-7-9-18(11(3)4)14-13(10-15-8-2)12(5)16-17(14)6/h11,15H,7-10H2,1-6H3. The van der Waals surface area contributed by atoms with Gasteiger partial charge in [0.15, 0.2) is 0 Å². The molecule has 0 aromatic carbocycles. The molecule has 0 atom stereocenters. The van der Waals surface area contributed by atoms with E-state index in [0.29, 0.717) is 6.04 Å². The summed E-state index contributed by atoms with van der Waals surface area (Å²) in [5.41, 5.74) is 2.47. The Kier molecular flexibility index (Phi) is 5.66. The van der Waals surface area contributed by atoms with Crippen molar-refractivity contribution in [3.05, 3.63) is 11.3 Å². The first kappa shape index (κ1) is 15.0. The molecule has 0 fully saturated rings. The van der Waals surface area contributed by atoms with E-state index in [1.165, 1.54) is 11.4 Å². The molecule has 4 nitrogen and oxygen atoms in total. The van der Waals surface area contributed by atoms with Crippen LogP contribution in [0.2, 0.25) is 0 Å². The molecule has 0 aliphatic carbocycles. The molecule has 1 aromatic rings. The van der Waals surface area contributed by atoms with Crippen LogP contribution in [0.3, 0.4) is 0 Å². The van der Waals surface area contributed by atoms with Gasteiger partial charge in [0.05, 0.1) is 5.69 Å². The molecule has 0 amide bonds. The minimum Gasteiger partial charge on any atom is -0.354 e. The SMILES string of the molecule is CCCN(c1c(CNCC)c(C)nn1C)C(C)C. The molecule has 0 saturated heterocycles. The lowest BCUT2D eigenvalue weighted by Crippen LogP contribution is -2.34. The molecule has 0 radical (unpaired) electrons. The second-order valence-electron chi connectivity index (χ2n) is 5.08. The molecular weight excluding hydrogens is 224 g/mol. The van der Waals surface area contributed by atoms with Gasteiger partial charge >= 0.3 is 0 Å². The molecule has 0 spiro atoms. The van der Waals surface area contributed by atoms with E-state index in [1.807, 2.05) is 11.7 Å². The summed E-state index contributed by atoms with van der Waals surface area (Å²) < 4.78 is 2.03. The van der Waals surface area contributed by atoms with Gasteiger partial charge < -0.3 is 10.2 Å². The summed E-state index contributed by atoms with van der Waals surface area (Å²) in [5, 5.41) is 8.00. The van der Waals surface area contributed by atoms with Crippen LogP contribution >= 0.6 is 0 Å². The maximum atomic E-state index is 4.58. The zero-order valence-electron chi connectivity index (χ0n) is 12.7. The van der Waals surface area contributed by atoms with Crippen molar-refractivity contribution in [2.45, 2.75) is 53.6 Å². The highest BCUT2D eigenvalue weighted by molar-refractivity contribution is 5.50. The first-order valence-corrected chi connectivity index (χ1v) is 7.02. The fraction of sp³-hybridized carbons (Fsp3) is 0.786. The number of hydrogen-bond donors (Lipinski definition) is 1. The number of rotatable bonds is 7. The average Bonchev–Trinajstić information content (AvgIpc) is 2.58. The van der Waals surface area contributed by atoms with Gasteiger partial charge in [0.1, 0.15) is 5.82 Å². The Labute approximate surface area is 111 Å². The van der Waals surface area contributed by atoms with Crippen LogP contribution in [0.15, 0.2) is 0 Å². The summed E-state index contributed by atoms with van der Waals surface area (Å²) in [4.78, 5) is 2.45. The smallest absolute Gasteiger partial charge is 0.131 e. The average molecular weight is 252 g/mol. The lowest BCUT2D eigenvalue weighted by Gasteiger charge is -2.29. The van der Waals surface area contributed by atoms with Crippen molar-refractivity contribution >= 4 is 5.82 Å². The molecular formula is C14H28N4. The van der Waals surface area contributed by atoms with E-state index in [0.717, 1.165) is 31.7 Å². The van der Waals surface area contributed by atoms with Gasteiger partial charge in [-0.15, -0.1) is 0 Å². The highest BCUT2D eigenvalue weighted by Gasteiger charge is 2.20. The van der Waals surface area contributed by atoms with Gasteiger partial charge in [0.25, 0.3) is 0 Å². The van der Waals surface area contributed by atoms with E-state index >= 15 is 0 Å². The molecule has 0 saturated carbocycles. The lowest BCUT2D eigenvalue weighted by atomic mass is 10.2. The topological polar surface area (TPSA) is 33.1 Å². The lowest BCUT2D eigenvalue weighted by molar-refractivity contribution is 0.622. The maximum Gasteiger partial charge on any atom is 0.131 e. The van der Waals surface area contributed by atoms with Gasteiger partial charge in [-0.3, -0.25) is 4.68 Å². The predicted octanol–water partition coefficient (Wildman–Crippen LogP) is 2.46. The quantitative estimate of drug-likeness (QED) is 0.809. The Hall–Kier alpha value is -1.03. The third-order valence-corrected chi connectivity index (χ3v) is 3.22. The van der Waals surface area contributed by atoms with E-state index in [4.69, 9.17) is 0 Å². The summed E-state index contributed by atoms with van der Waals surface area (Å²) in [5.74, 6) is 1.27. The summed E-state index contributed by atoms with van der Waals surface area (Å²) in [6.07, 6.45) is 1.16. The fourth-order valence-corrected chi connectivity index (χ4v) is 2.36. The van der Waals surface area contributed by atoms with Crippen LogP contribution in [0.5, 0.6) is 0 Å². The van der Waals surface area contributed by atoms with Crippen LogP contribution in [0.1, 0.15) is 45.4 Å². The molecule has 0 aliphatic rings. The Bertz CT molecular complexity index is 368. The largest absolute Gasteiger partial charge is 0.354 e. The van der Waals surface area contributed by atoms with Crippen molar-refractivity contribution < 1.29 is 0 Å². The number of hydrogen-bond acceptors (Lipinski definition) is 3. The molecule has 18 heavy (non-hydrogen) atoms. The molecule has 1 heterocycles. The molecule has 1 N–H and O–H groups in total. The second kappa shape index (κ2) is 6.78. The first-order chi connectivity index (χ1) is 8.52. The van der Waals surface area contributed by atoms with Crippen LogP contribution in [-0.2, 0) is 13.6 Å². The third kappa shape index (κ3) is 3.25. The van der Waals surface area contributed by atoms with Crippen LogP contribution < -0.4 is 10.2 Å². The minimum absolute atomic E-state index is 0.500. The molecule has 0 aliphatic heterocycles. The summed E-state index contributed by atoms with van der Waals surface area (Å²) in [6.45, 7) is 13.9. The van der Waals surface area contributed by atoms with Crippen LogP contribution in [0.4, 0.5) is 5.82 Å². The van der Waals surface area contributed by atoms with Gasteiger partial charge in [-0.1, -0.05) is 13.8 Å². The van der Waals surface area contributed by atoms with Crippen molar-refractivity contribution in [2.75, 3.05) is 18.0 Å². The van der Waals surface area contributed by atoms with Gasteiger partial charge in [-0.25, -0.2) is 0 Å². The fourth-order valence-electron chi connectivity index (χ4n) is 2.36. The molecule has 1 aromatic heterocycles. The van der Waals surface area contributed by atoms with E-state index < -0.39 is 0 Å². The van der Waals surface area contributed by atoms with E-state index in [-0.39, 0.29) is 0 Å². The molecule has 0 unspecified atom stereocenters. The van der Waals surface area contributed by atoms with E-state index in [1.54, 1.807) is 0 Å². The zero-order valence-corrected chi connectivity index (χ0v) is 12.7. The van der Waals surface area contributed by atoms with Crippen LogP contribution in [-0.4, -0.2) is 28.9 Å². The van der Waals surface area contributed by atoms with Crippen LogP contribution in [0, 0.1) is 6.92 Å². The monoisotopic (exact) mass is 252 g/mol. The maximum absolute atomic E-state index is 4.58. The number of aromatic nitrogens is 2. The van der Waals surface area contributed by atoms with Crippen molar-refractivity contribution in [3.8, 4) is 0 Å². The van der Waals surface area contributed by atoms with Gasteiger partial charge in [-0.2, -0.15) is 5.10 Å². The van der Waals surface area contributed by atoms with Crippen molar-refractivity contribution in [1.29, 1.82) is 0 Å². The van der Waals surface area contributed by atoms with Gasteiger partial charge in [0, 0.05) is 31.7 Å². The third-order valence-electron chi connectivity index (χ3n) is 3.22. The van der Waals surface area contributed by atoms with Gasteiger partial charge in [0.2, 0.25) is 0 Å². The molecule has 0 bridgehead atoms. The Morgan fingerprint density at radius 1 is 1.33 bits per heavy atom. The van der Waals surface area contributed by atoms with Crippen molar-refractivity contribution in [1.82, 2.24) is 15.1 Å². The highest BCUT2D eigenvalue weighted by atomic mass is 15.4. The van der Waals surface area contributed by atoms with E-state index in [9.17, 15) is 0 Å². The summed E-state index contributed by atoms with van der Waals surface area (Å²) in [7, 11) is 2.04. The summed E-state index contributed by atoms with van der Waals surface area (Å²) >= 11 is 0. The first-order valence-electron chi connectivity index (χ1n) is 7.02. The number of nitrogens with one attached hydrogen (secondary N) is 1. The zero-order chi connectivity index (χ0) is 13.7. The number of anilines is 1. The number of aryl methyl sites for hydroxylation is 2. The summed E-state index contributed by atoms with van der Waals surface area (Å²) in [6, 6.07) is 0.500. The van der Waals surface area contributed by atoms with Crippen molar-refractivity contribution in [3.63, 3.8) is 0 Å². The minimum atomic E-state index is 0.500. The molecule has 4 heteroatoms. The normalized spacial score (nSPS) is 11.3. The Morgan fingerprint density at radius 3 is 2.50 bits per heavy atom. The number of nitrogens with zero attached hydrogens (tertiary/aromatic N) is 3. The second-order valence-corrected chi connectivity index (χ2v) is 5.08. The Balaban J connectivity index is 3.10. The Morgan fingerprint density at radius 2 is 2.00 bits per heavy atom. The van der Waals surface area contributed by atoms with Crippen molar-refractivity contribution in [2.24, 2.45) is 7.05 Å². The van der Waals surface area contributed by atoms with E-state index in [2.05, 4.69) is 49.9 Å².